The minimum atomic E-state index is -4.71. The summed E-state index contributed by atoms with van der Waals surface area (Å²) in [5.41, 5.74) is 0.664. The fraction of sp³-hybridized carbons (Fsp3) is 0.258. The van der Waals surface area contributed by atoms with Crippen molar-refractivity contribution in [3.8, 4) is 17.0 Å². The number of benzene rings is 2. The molecule has 6 rings (SSSR count). The second kappa shape index (κ2) is 12.8. The van der Waals surface area contributed by atoms with E-state index in [9.17, 15) is 22.8 Å². The zero-order valence-corrected chi connectivity index (χ0v) is 25.2. The second-order valence-corrected chi connectivity index (χ2v) is 11.1. The van der Waals surface area contributed by atoms with Gasteiger partial charge in [-0.1, -0.05) is 41.9 Å². The fourth-order valence-corrected chi connectivity index (χ4v) is 5.92. The van der Waals surface area contributed by atoms with Crippen molar-refractivity contribution in [1.82, 2.24) is 34.4 Å². The lowest BCUT2D eigenvalue weighted by Gasteiger charge is -2.32. The molecule has 238 valence electrons. The van der Waals surface area contributed by atoms with E-state index in [1.165, 1.54) is 58.6 Å². The highest BCUT2D eigenvalue weighted by molar-refractivity contribution is 6.36. The number of alkyl halides is 3. The molecule has 0 aliphatic carbocycles. The van der Waals surface area contributed by atoms with Gasteiger partial charge >= 0.3 is 6.18 Å². The van der Waals surface area contributed by atoms with Crippen LogP contribution in [-0.2, 0) is 17.5 Å². The van der Waals surface area contributed by atoms with Gasteiger partial charge in [-0.15, -0.1) is 0 Å². The van der Waals surface area contributed by atoms with Crippen molar-refractivity contribution in [3.63, 3.8) is 0 Å². The minimum absolute atomic E-state index is 0.0689. The van der Waals surface area contributed by atoms with E-state index < -0.39 is 17.8 Å². The van der Waals surface area contributed by atoms with Crippen LogP contribution in [0.2, 0.25) is 5.02 Å². The van der Waals surface area contributed by atoms with Crippen LogP contribution in [0.5, 0.6) is 5.75 Å². The number of ether oxygens (including phenoxy) is 1. The van der Waals surface area contributed by atoms with E-state index >= 15 is 0 Å². The normalized spacial score (nSPS) is 14.4. The summed E-state index contributed by atoms with van der Waals surface area (Å²) in [6, 6.07) is 12.7. The number of anilines is 2. The zero-order chi connectivity index (χ0) is 32.4. The molecule has 15 heteroatoms. The van der Waals surface area contributed by atoms with Gasteiger partial charge in [0.25, 0.3) is 12.4 Å². The summed E-state index contributed by atoms with van der Waals surface area (Å²) in [6.45, 7) is 2.41. The number of carbonyl (C=O) groups excluding carboxylic acids is 2. The number of aromatic nitrogens is 5. The maximum absolute atomic E-state index is 14.3. The molecule has 0 saturated carbocycles. The number of amides is 1. The molecule has 5 aromatic rings. The number of fused-ring (bicyclic) bond motifs is 1. The van der Waals surface area contributed by atoms with E-state index in [1.54, 1.807) is 0 Å². The molecule has 0 spiro atoms. The Morgan fingerprint density at radius 3 is 2.59 bits per heavy atom. The van der Waals surface area contributed by atoms with Gasteiger partial charge in [0.05, 0.1) is 39.8 Å². The Morgan fingerprint density at radius 1 is 1.13 bits per heavy atom. The summed E-state index contributed by atoms with van der Waals surface area (Å²) in [4.78, 5) is 34.4. The molecule has 4 heterocycles. The lowest BCUT2D eigenvalue weighted by Crippen LogP contribution is -2.34. The van der Waals surface area contributed by atoms with E-state index in [-0.39, 0.29) is 57.3 Å². The molecule has 2 aromatic carbocycles. The smallest absolute Gasteiger partial charge is 0.425 e. The number of halogens is 4. The van der Waals surface area contributed by atoms with Crippen LogP contribution in [0.15, 0.2) is 67.3 Å². The van der Waals surface area contributed by atoms with Crippen molar-refractivity contribution >= 4 is 41.1 Å². The molecule has 2 N–H and O–H groups in total. The van der Waals surface area contributed by atoms with E-state index in [0.717, 1.165) is 19.6 Å². The summed E-state index contributed by atoms with van der Waals surface area (Å²) in [5.74, 6) is -0.493. The van der Waals surface area contributed by atoms with Crippen molar-refractivity contribution in [2.24, 2.45) is 0 Å². The molecule has 46 heavy (non-hydrogen) atoms. The van der Waals surface area contributed by atoms with E-state index in [1.807, 2.05) is 18.2 Å². The van der Waals surface area contributed by atoms with Gasteiger partial charge in [-0.2, -0.15) is 18.3 Å². The number of nitrogens with zero attached hydrogens (tertiary/aromatic N) is 6. The highest BCUT2D eigenvalue weighted by Gasteiger charge is 2.39. The van der Waals surface area contributed by atoms with Crippen LogP contribution in [-0.4, -0.2) is 61.6 Å². The first-order chi connectivity index (χ1) is 22.2. The van der Waals surface area contributed by atoms with Crippen LogP contribution in [0.1, 0.15) is 40.5 Å². The van der Waals surface area contributed by atoms with Gasteiger partial charge in [-0.3, -0.25) is 23.6 Å². The molecule has 1 aliphatic heterocycles. The van der Waals surface area contributed by atoms with Gasteiger partial charge in [-0.25, -0.2) is 9.97 Å². The molecule has 0 unspecified atom stereocenters. The van der Waals surface area contributed by atoms with E-state index in [4.69, 9.17) is 16.3 Å². The van der Waals surface area contributed by atoms with Gasteiger partial charge < -0.3 is 15.4 Å². The standard InChI is InChI=1S/C31H28ClF3N8O3/c1-36-30(45)21-7-8-23(26(25(21)32)46-18-44)39-28-29-38-15-24(42(29)14-11-37-28)22-17-43(40-27(22)31(33,34)35)20-9-12-41(13-10-20)16-19-5-3-2-4-6-19/h2-8,11,14-15,17-18,20H,9-10,12-13,16H2,1H3,(H,36,45)(H,37,39). The van der Waals surface area contributed by atoms with Gasteiger partial charge in [0.2, 0.25) is 0 Å². The Kier molecular flexibility index (Phi) is 8.65. The maximum Gasteiger partial charge on any atom is 0.435 e. The third-order valence-corrected chi connectivity index (χ3v) is 8.25. The topological polar surface area (TPSA) is 119 Å². The molecule has 11 nitrogen and oxygen atoms in total. The number of hydrogen-bond acceptors (Lipinski definition) is 8. The monoisotopic (exact) mass is 652 g/mol. The predicted molar refractivity (Wildman–Crippen MR) is 164 cm³/mol. The highest BCUT2D eigenvalue weighted by atomic mass is 35.5. The molecular weight excluding hydrogens is 625 g/mol. The third-order valence-electron chi connectivity index (χ3n) is 7.87. The van der Waals surface area contributed by atoms with Crippen LogP contribution in [0.4, 0.5) is 24.7 Å². The van der Waals surface area contributed by atoms with Crippen LogP contribution in [0, 0.1) is 0 Å². The van der Waals surface area contributed by atoms with Gasteiger partial charge in [-0.05, 0) is 30.5 Å². The maximum atomic E-state index is 14.3. The first kappa shape index (κ1) is 31.0. The molecule has 0 atom stereocenters. The fourth-order valence-electron chi connectivity index (χ4n) is 5.62. The number of imidazole rings is 1. The Hall–Kier alpha value is -4.95. The zero-order valence-electron chi connectivity index (χ0n) is 24.5. The minimum Gasteiger partial charge on any atom is -0.425 e. The van der Waals surface area contributed by atoms with Crippen LogP contribution in [0.3, 0.4) is 0 Å². The number of rotatable bonds is 9. The third kappa shape index (κ3) is 6.13. The van der Waals surface area contributed by atoms with E-state index in [0.29, 0.717) is 12.8 Å². The Bertz CT molecular complexity index is 1890. The summed E-state index contributed by atoms with van der Waals surface area (Å²) in [6.07, 6.45) is 2.24. The molecule has 0 bridgehead atoms. The quantitative estimate of drug-likeness (QED) is 0.194. The average molecular weight is 653 g/mol. The summed E-state index contributed by atoms with van der Waals surface area (Å²) < 4.78 is 51.0. The number of likely N-dealkylation sites (tertiary alicyclic amines) is 1. The summed E-state index contributed by atoms with van der Waals surface area (Å²) in [7, 11) is 1.43. The Labute approximate surface area is 266 Å². The van der Waals surface area contributed by atoms with Crippen molar-refractivity contribution in [2.45, 2.75) is 31.6 Å². The predicted octanol–water partition coefficient (Wildman–Crippen LogP) is 5.74. The Morgan fingerprint density at radius 2 is 1.89 bits per heavy atom. The molecule has 1 saturated heterocycles. The average Bonchev–Trinajstić information content (AvgIpc) is 3.69. The van der Waals surface area contributed by atoms with Gasteiger partial charge in [0.15, 0.2) is 22.9 Å². The SMILES string of the molecule is CNC(=O)c1ccc(Nc2nccn3c(-c4cn(C5CCN(Cc6ccccc6)CC5)nc4C(F)(F)F)cnc23)c(OC=O)c1Cl. The number of carbonyl (C=O) groups is 2. The summed E-state index contributed by atoms with van der Waals surface area (Å²) >= 11 is 6.36. The summed E-state index contributed by atoms with van der Waals surface area (Å²) in [5, 5.41) is 9.34. The molecule has 3 aromatic heterocycles. The van der Waals surface area contributed by atoms with Crippen molar-refractivity contribution < 1.29 is 27.5 Å². The first-order valence-electron chi connectivity index (χ1n) is 14.3. The lowest BCUT2D eigenvalue weighted by molar-refractivity contribution is -0.141. The molecule has 1 amide bonds. The van der Waals surface area contributed by atoms with E-state index in [2.05, 4.69) is 42.7 Å². The van der Waals surface area contributed by atoms with Crippen LogP contribution in [0.25, 0.3) is 16.9 Å². The highest BCUT2D eigenvalue weighted by Crippen LogP contribution is 2.40. The van der Waals surface area contributed by atoms with Crippen LogP contribution < -0.4 is 15.4 Å². The van der Waals surface area contributed by atoms with Gasteiger partial charge in [0, 0.05) is 45.3 Å². The van der Waals surface area contributed by atoms with Crippen molar-refractivity contribution in [3.05, 3.63) is 89.1 Å². The largest absolute Gasteiger partial charge is 0.435 e. The number of hydrogen-bond donors (Lipinski definition) is 2. The van der Waals surface area contributed by atoms with Crippen molar-refractivity contribution in [2.75, 3.05) is 25.5 Å². The molecular formula is C31H28ClF3N8O3. The molecule has 0 radical (unpaired) electrons. The molecule has 1 fully saturated rings. The van der Waals surface area contributed by atoms with Crippen molar-refractivity contribution in [1.29, 1.82) is 0 Å². The second-order valence-electron chi connectivity index (χ2n) is 10.7. The van der Waals surface area contributed by atoms with Crippen LogP contribution >= 0.6 is 11.6 Å². The molecule has 1 aliphatic rings. The first-order valence-corrected chi connectivity index (χ1v) is 14.7. The number of nitrogens with one attached hydrogen (secondary N) is 2. The van der Waals surface area contributed by atoms with Gasteiger partial charge in [0.1, 0.15) is 0 Å². The Balaban J connectivity index is 1.30. The lowest BCUT2D eigenvalue weighted by atomic mass is 10.0. The number of piperidine rings is 1.